The maximum Gasteiger partial charge on any atom is 0.573 e. The lowest BCUT2D eigenvalue weighted by Crippen LogP contribution is -2.30. The standard InChI is InChI=1S/C19H18F5NO2.ClH/c20-15-7-14(8-16(21)10-15)13-1-2-17(27-19(22,23)24)18(9-13)26-11-12-3-5-25-6-4-12;/h1-2,7-10,12,25H,3-6,11H2;1H. The summed E-state index contributed by atoms with van der Waals surface area (Å²) in [7, 11) is 0. The van der Waals surface area contributed by atoms with E-state index in [1.807, 2.05) is 0 Å². The monoisotopic (exact) mass is 423 g/mol. The SMILES string of the molecule is Cl.Fc1cc(F)cc(-c2ccc(OC(F)(F)F)c(OCC3CCNCC3)c2)c1. The van der Waals surface area contributed by atoms with Crippen molar-refractivity contribution in [3.8, 4) is 22.6 Å². The number of halogens is 6. The van der Waals surface area contributed by atoms with Crippen molar-refractivity contribution in [3.63, 3.8) is 0 Å². The average molecular weight is 424 g/mol. The average Bonchev–Trinajstić information content (AvgIpc) is 2.59. The first-order chi connectivity index (χ1) is 12.8. The van der Waals surface area contributed by atoms with E-state index in [2.05, 4.69) is 10.1 Å². The number of piperidine rings is 1. The number of hydrogen-bond donors (Lipinski definition) is 1. The van der Waals surface area contributed by atoms with E-state index in [1.165, 1.54) is 12.1 Å². The van der Waals surface area contributed by atoms with Crippen LogP contribution in [0.1, 0.15) is 12.8 Å². The van der Waals surface area contributed by atoms with Gasteiger partial charge in [-0.2, -0.15) is 0 Å². The summed E-state index contributed by atoms with van der Waals surface area (Å²) in [6, 6.07) is 6.60. The van der Waals surface area contributed by atoms with Crippen LogP contribution in [0.4, 0.5) is 22.0 Å². The van der Waals surface area contributed by atoms with Gasteiger partial charge in [-0.3, -0.25) is 0 Å². The molecule has 0 aliphatic carbocycles. The van der Waals surface area contributed by atoms with Crippen molar-refractivity contribution in [1.82, 2.24) is 5.32 Å². The number of nitrogens with one attached hydrogen (secondary N) is 1. The third-order valence-corrected chi connectivity index (χ3v) is 4.30. The molecule has 28 heavy (non-hydrogen) atoms. The van der Waals surface area contributed by atoms with E-state index in [0.717, 1.165) is 50.2 Å². The fourth-order valence-electron chi connectivity index (χ4n) is 2.99. The minimum atomic E-state index is -4.88. The van der Waals surface area contributed by atoms with E-state index in [-0.39, 0.29) is 36.2 Å². The van der Waals surface area contributed by atoms with Crippen molar-refractivity contribution >= 4 is 12.4 Å². The van der Waals surface area contributed by atoms with E-state index in [1.54, 1.807) is 0 Å². The van der Waals surface area contributed by atoms with Crippen LogP contribution >= 0.6 is 12.4 Å². The molecule has 0 bridgehead atoms. The Bertz CT molecular complexity index is 774. The minimum Gasteiger partial charge on any atom is -0.489 e. The number of ether oxygens (including phenoxy) is 2. The fourth-order valence-corrected chi connectivity index (χ4v) is 2.99. The summed E-state index contributed by atoms with van der Waals surface area (Å²) in [5.41, 5.74) is 0.515. The Labute approximate surface area is 165 Å². The molecule has 9 heteroatoms. The Balaban J connectivity index is 0.00000280. The van der Waals surface area contributed by atoms with Gasteiger partial charge in [0, 0.05) is 6.07 Å². The van der Waals surface area contributed by atoms with E-state index in [0.29, 0.717) is 5.56 Å². The number of alkyl halides is 3. The number of benzene rings is 2. The van der Waals surface area contributed by atoms with Crippen LogP contribution < -0.4 is 14.8 Å². The third-order valence-electron chi connectivity index (χ3n) is 4.30. The zero-order valence-corrected chi connectivity index (χ0v) is 15.5. The molecule has 0 spiro atoms. The maximum absolute atomic E-state index is 13.5. The summed E-state index contributed by atoms with van der Waals surface area (Å²) in [6.45, 7) is 1.88. The molecule has 0 radical (unpaired) electrons. The normalized spacial score (nSPS) is 15.0. The molecule has 1 N–H and O–H groups in total. The van der Waals surface area contributed by atoms with Gasteiger partial charge in [0.1, 0.15) is 11.6 Å². The minimum absolute atomic E-state index is 0. The Hall–Kier alpha value is -2.06. The smallest absolute Gasteiger partial charge is 0.489 e. The summed E-state index contributed by atoms with van der Waals surface area (Å²) >= 11 is 0. The largest absolute Gasteiger partial charge is 0.573 e. The fraction of sp³-hybridized carbons (Fsp3) is 0.368. The summed E-state index contributed by atoms with van der Waals surface area (Å²) < 4.78 is 74.5. The third kappa shape index (κ3) is 6.24. The van der Waals surface area contributed by atoms with Gasteiger partial charge in [-0.15, -0.1) is 25.6 Å². The van der Waals surface area contributed by atoms with Crippen molar-refractivity contribution < 1.29 is 31.4 Å². The predicted molar refractivity (Wildman–Crippen MR) is 96.8 cm³/mol. The molecule has 1 heterocycles. The summed E-state index contributed by atoms with van der Waals surface area (Å²) in [5.74, 6) is -1.96. The molecule has 0 saturated carbocycles. The molecule has 1 saturated heterocycles. The van der Waals surface area contributed by atoms with Crippen LogP contribution in [-0.4, -0.2) is 26.1 Å². The first-order valence-electron chi connectivity index (χ1n) is 8.50. The summed E-state index contributed by atoms with van der Waals surface area (Å²) in [5, 5.41) is 3.20. The molecule has 2 aromatic carbocycles. The second kappa shape index (κ2) is 9.43. The second-order valence-corrected chi connectivity index (χ2v) is 6.37. The first-order valence-corrected chi connectivity index (χ1v) is 8.50. The summed E-state index contributed by atoms with van der Waals surface area (Å²) in [4.78, 5) is 0. The second-order valence-electron chi connectivity index (χ2n) is 6.37. The van der Waals surface area contributed by atoms with Gasteiger partial charge in [0.25, 0.3) is 0 Å². The number of rotatable bonds is 5. The van der Waals surface area contributed by atoms with Crippen molar-refractivity contribution in [1.29, 1.82) is 0 Å². The van der Waals surface area contributed by atoms with Gasteiger partial charge in [-0.1, -0.05) is 6.07 Å². The lowest BCUT2D eigenvalue weighted by Gasteiger charge is -2.23. The number of hydrogen-bond acceptors (Lipinski definition) is 3. The van der Waals surface area contributed by atoms with Gasteiger partial charge in [0.15, 0.2) is 11.5 Å². The van der Waals surface area contributed by atoms with E-state index < -0.39 is 23.7 Å². The predicted octanol–water partition coefficient (Wildman–Crippen LogP) is 5.33. The van der Waals surface area contributed by atoms with Crippen LogP contribution in [0.2, 0.25) is 0 Å². The molecule has 1 fully saturated rings. The van der Waals surface area contributed by atoms with Gasteiger partial charge in [-0.05, 0) is 67.2 Å². The van der Waals surface area contributed by atoms with Gasteiger partial charge >= 0.3 is 6.36 Å². The quantitative estimate of drug-likeness (QED) is 0.659. The Kier molecular flexibility index (Phi) is 7.48. The highest BCUT2D eigenvalue weighted by molar-refractivity contribution is 5.85. The molecule has 0 aromatic heterocycles. The van der Waals surface area contributed by atoms with Gasteiger partial charge in [0.2, 0.25) is 0 Å². The van der Waals surface area contributed by atoms with Crippen LogP contribution in [0.3, 0.4) is 0 Å². The van der Waals surface area contributed by atoms with Crippen molar-refractivity contribution in [2.75, 3.05) is 19.7 Å². The zero-order chi connectivity index (χ0) is 19.4. The lowest BCUT2D eigenvalue weighted by molar-refractivity contribution is -0.275. The molecular formula is C19H19ClF5NO2. The molecule has 0 atom stereocenters. The topological polar surface area (TPSA) is 30.5 Å². The maximum atomic E-state index is 13.5. The highest BCUT2D eigenvalue weighted by Gasteiger charge is 2.32. The molecule has 0 amide bonds. The van der Waals surface area contributed by atoms with E-state index in [4.69, 9.17) is 4.74 Å². The zero-order valence-electron chi connectivity index (χ0n) is 14.7. The van der Waals surface area contributed by atoms with Crippen molar-refractivity contribution in [3.05, 3.63) is 48.0 Å². The van der Waals surface area contributed by atoms with Crippen molar-refractivity contribution in [2.24, 2.45) is 5.92 Å². The molecule has 3 nitrogen and oxygen atoms in total. The van der Waals surface area contributed by atoms with Crippen LogP contribution in [-0.2, 0) is 0 Å². The molecule has 1 aliphatic heterocycles. The Morgan fingerprint density at radius 3 is 2.14 bits per heavy atom. The van der Waals surface area contributed by atoms with E-state index >= 15 is 0 Å². The first kappa shape index (κ1) is 22.2. The van der Waals surface area contributed by atoms with Gasteiger partial charge < -0.3 is 14.8 Å². The Morgan fingerprint density at radius 1 is 0.893 bits per heavy atom. The molecule has 3 rings (SSSR count). The van der Waals surface area contributed by atoms with Gasteiger partial charge in [0.05, 0.1) is 6.61 Å². The van der Waals surface area contributed by atoms with Crippen LogP contribution in [0.15, 0.2) is 36.4 Å². The van der Waals surface area contributed by atoms with Crippen molar-refractivity contribution in [2.45, 2.75) is 19.2 Å². The highest BCUT2D eigenvalue weighted by atomic mass is 35.5. The highest BCUT2D eigenvalue weighted by Crippen LogP contribution is 2.36. The molecular weight excluding hydrogens is 405 g/mol. The molecule has 1 aliphatic rings. The lowest BCUT2D eigenvalue weighted by atomic mass is 9.99. The Morgan fingerprint density at radius 2 is 1.54 bits per heavy atom. The van der Waals surface area contributed by atoms with E-state index in [9.17, 15) is 22.0 Å². The molecule has 0 unspecified atom stereocenters. The molecule has 154 valence electrons. The van der Waals surface area contributed by atoms with Crippen LogP contribution in [0.25, 0.3) is 11.1 Å². The summed E-state index contributed by atoms with van der Waals surface area (Å²) in [6.07, 6.45) is -3.17. The molecule has 2 aromatic rings. The van der Waals surface area contributed by atoms with Crippen LogP contribution in [0.5, 0.6) is 11.5 Å². The van der Waals surface area contributed by atoms with Crippen LogP contribution in [0, 0.1) is 17.6 Å². The van der Waals surface area contributed by atoms with Gasteiger partial charge in [-0.25, -0.2) is 8.78 Å².